The molecule has 0 N–H and O–H groups in total. The first-order valence-electron chi connectivity index (χ1n) is 6.52. The lowest BCUT2D eigenvalue weighted by Gasteiger charge is -2.27. The molecule has 0 aliphatic carbocycles. The van der Waals surface area contributed by atoms with Gasteiger partial charge in [-0.3, -0.25) is 0 Å². The van der Waals surface area contributed by atoms with E-state index in [1.54, 1.807) is 0 Å². The van der Waals surface area contributed by atoms with E-state index >= 15 is 0 Å². The molecule has 0 saturated carbocycles. The zero-order valence-corrected chi connectivity index (χ0v) is 12.7. The number of thiazole rings is 1. The summed E-state index contributed by atoms with van der Waals surface area (Å²) in [6.45, 7) is 2.40. The topological polar surface area (TPSA) is 16.1 Å². The summed E-state index contributed by atoms with van der Waals surface area (Å²) in [7, 11) is 2.20. The summed E-state index contributed by atoms with van der Waals surface area (Å²) in [4.78, 5) is 7.23. The zero-order valence-electron chi connectivity index (χ0n) is 11.1. The molecule has 3 rings (SSSR count). The predicted molar refractivity (Wildman–Crippen MR) is 84.3 cm³/mol. The second kappa shape index (κ2) is 6.51. The van der Waals surface area contributed by atoms with Gasteiger partial charge in [-0.25, -0.2) is 4.98 Å². The molecule has 1 aromatic carbocycles. The van der Waals surface area contributed by atoms with Crippen LogP contribution in [0.5, 0.6) is 0 Å². The minimum absolute atomic E-state index is 0. The molecule has 1 saturated heterocycles. The average molecular weight is 295 g/mol. The van der Waals surface area contributed by atoms with Crippen molar-refractivity contribution in [2.24, 2.45) is 0 Å². The molecule has 0 radical (unpaired) electrons. The second-order valence-electron chi connectivity index (χ2n) is 5.01. The van der Waals surface area contributed by atoms with Gasteiger partial charge in [0.25, 0.3) is 0 Å². The van der Waals surface area contributed by atoms with Crippen molar-refractivity contribution in [3.8, 4) is 11.3 Å². The van der Waals surface area contributed by atoms with Gasteiger partial charge >= 0.3 is 0 Å². The highest BCUT2D eigenvalue weighted by molar-refractivity contribution is 7.10. The number of rotatable bonds is 2. The second-order valence-corrected chi connectivity index (χ2v) is 5.90. The van der Waals surface area contributed by atoms with E-state index in [0.717, 1.165) is 5.69 Å². The highest BCUT2D eigenvalue weighted by Gasteiger charge is 2.21. The van der Waals surface area contributed by atoms with E-state index in [1.807, 2.05) is 17.4 Å². The van der Waals surface area contributed by atoms with Gasteiger partial charge in [0.05, 0.1) is 10.7 Å². The standard InChI is InChI=1S/C15H18N2S.ClH/c1-17-9-7-13(8-10-17)15-16-14(11-18-15)12-5-3-2-4-6-12;/h2-6,11,13H,7-10H2,1H3;1H. The van der Waals surface area contributed by atoms with Crippen molar-refractivity contribution in [2.75, 3.05) is 20.1 Å². The third-order valence-electron chi connectivity index (χ3n) is 3.66. The van der Waals surface area contributed by atoms with E-state index in [-0.39, 0.29) is 12.4 Å². The van der Waals surface area contributed by atoms with E-state index in [4.69, 9.17) is 4.98 Å². The number of likely N-dealkylation sites (tertiary alicyclic amines) is 1. The van der Waals surface area contributed by atoms with E-state index < -0.39 is 0 Å². The lowest BCUT2D eigenvalue weighted by Crippen LogP contribution is -2.29. The van der Waals surface area contributed by atoms with Crippen LogP contribution in [0.4, 0.5) is 0 Å². The van der Waals surface area contributed by atoms with Gasteiger partial charge in [0, 0.05) is 16.9 Å². The zero-order chi connectivity index (χ0) is 12.4. The molecule has 102 valence electrons. The molecule has 2 nitrogen and oxygen atoms in total. The van der Waals surface area contributed by atoms with Gasteiger partial charge < -0.3 is 4.90 Å². The number of benzene rings is 1. The Morgan fingerprint density at radius 1 is 1.16 bits per heavy atom. The first-order chi connectivity index (χ1) is 8.83. The van der Waals surface area contributed by atoms with Crippen LogP contribution in [0.3, 0.4) is 0 Å². The van der Waals surface area contributed by atoms with Gasteiger partial charge in [-0.15, -0.1) is 23.7 Å². The molecule has 1 aromatic heterocycles. The fourth-order valence-corrected chi connectivity index (χ4v) is 3.47. The lowest BCUT2D eigenvalue weighted by molar-refractivity contribution is 0.255. The Hall–Kier alpha value is -0.900. The third kappa shape index (κ3) is 3.35. The van der Waals surface area contributed by atoms with Crippen molar-refractivity contribution in [3.63, 3.8) is 0 Å². The van der Waals surface area contributed by atoms with Crippen molar-refractivity contribution in [1.29, 1.82) is 0 Å². The minimum atomic E-state index is 0. The number of hydrogen-bond acceptors (Lipinski definition) is 3. The Labute approximate surface area is 124 Å². The average Bonchev–Trinajstić information content (AvgIpc) is 2.90. The maximum absolute atomic E-state index is 4.83. The van der Waals surface area contributed by atoms with Crippen LogP contribution in [-0.4, -0.2) is 30.0 Å². The number of halogens is 1. The molecule has 19 heavy (non-hydrogen) atoms. The van der Waals surface area contributed by atoms with Gasteiger partial charge in [0.15, 0.2) is 0 Å². The van der Waals surface area contributed by atoms with Crippen molar-refractivity contribution in [3.05, 3.63) is 40.7 Å². The van der Waals surface area contributed by atoms with E-state index in [1.165, 1.54) is 36.5 Å². The summed E-state index contributed by atoms with van der Waals surface area (Å²) in [5.74, 6) is 0.670. The van der Waals surface area contributed by atoms with Gasteiger partial charge in [0.2, 0.25) is 0 Å². The third-order valence-corrected chi connectivity index (χ3v) is 4.67. The number of piperidine rings is 1. The molecule has 0 atom stereocenters. The highest BCUT2D eigenvalue weighted by Crippen LogP contribution is 2.32. The number of nitrogens with zero attached hydrogens (tertiary/aromatic N) is 2. The monoisotopic (exact) mass is 294 g/mol. The molecule has 4 heteroatoms. The molecule has 1 aliphatic heterocycles. The largest absolute Gasteiger partial charge is 0.306 e. The smallest absolute Gasteiger partial charge is 0.0964 e. The first-order valence-corrected chi connectivity index (χ1v) is 7.40. The van der Waals surface area contributed by atoms with Crippen molar-refractivity contribution in [1.82, 2.24) is 9.88 Å². The number of hydrogen-bond donors (Lipinski definition) is 0. The summed E-state index contributed by atoms with van der Waals surface area (Å²) < 4.78 is 0. The summed E-state index contributed by atoms with van der Waals surface area (Å²) in [6.07, 6.45) is 2.50. The Bertz CT molecular complexity index is 504. The molecular weight excluding hydrogens is 276 g/mol. The molecule has 1 aliphatic rings. The summed E-state index contributed by atoms with van der Waals surface area (Å²) in [5, 5.41) is 3.52. The van der Waals surface area contributed by atoms with Crippen LogP contribution in [0.2, 0.25) is 0 Å². The van der Waals surface area contributed by atoms with Crippen LogP contribution in [0.15, 0.2) is 35.7 Å². The molecule has 0 amide bonds. The fourth-order valence-electron chi connectivity index (χ4n) is 2.47. The Balaban J connectivity index is 0.00000133. The molecule has 0 bridgehead atoms. The van der Waals surface area contributed by atoms with Crippen LogP contribution >= 0.6 is 23.7 Å². The summed E-state index contributed by atoms with van der Waals surface area (Å²) >= 11 is 1.82. The van der Waals surface area contributed by atoms with Crippen LogP contribution in [0.1, 0.15) is 23.8 Å². The van der Waals surface area contributed by atoms with E-state index in [0.29, 0.717) is 5.92 Å². The predicted octanol–water partition coefficient (Wildman–Crippen LogP) is 4.04. The summed E-state index contributed by atoms with van der Waals surface area (Å²) in [5.41, 5.74) is 2.36. The van der Waals surface area contributed by atoms with Crippen LogP contribution in [0.25, 0.3) is 11.3 Å². The quantitative estimate of drug-likeness (QED) is 0.831. The molecule has 0 spiro atoms. The Kier molecular flexibility index (Phi) is 4.97. The Morgan fingerprint density at radius 2 is 1.84 bits per heavy atom. The normalized spacial score (nSPS) is 17.1. The van der Waals surface area contributed by atoms with Crippen molar-refractivity contribution >= 4 is 23.7 Å². The maximum atomic E-state index is 4.83. The van der Waals surface area contributed by atoms with Crippen LogP contribution in [-0.2, 0) is 0 Å². The van der Waals surface area contributed by atoms with Crippen molar-refractivity contribution in [2.45, 2.75) is 18.8 Å². The molecule has 2 heterocycles. The van der Waals surface area contributed by atoms with Gasteiger partial charge in [-0.05, 0) is 33.0 Å². The molecule has 1 fully saturated rings. The molecule has 2 aromatic rings. The van der Waals surface area contributed by atoms with Gasteiger partial charge in [-0.2, -0.15) is 0 Å². The van der Waals surface area contributed by atoms with E-state index in [9.17, 15) is 0 Å². The van der Waals surface area contributed by atoms with Crippen LogP contribution in [0, 0.1) is 0 Å². The van der Waals surface area contributed by atoms with Crippen molar-refractivity contribution < 1.29 is 0 Å². The maximum Gasteiger partial charge on any atom is 0.0964 e. The Morgan fingerprint density at radius 3 is 2.53 bits per heavy atom. The molecular formula is C15H19ClN2S. The van der Waals surface area contributed by atoms with Gasteiger partial charge in [-0.1, -0.05) is 30.3 Å². The molecule has 0 unspecified atom stereocenters. The minimum Gasteiger partial charge on any atom is -0.306 e. The fraction of sp³-hybridized carbons (Fsp3) is 0.400. The lowest BCUT2D eigenvalue weighted by atomic mass is 9.98. The van der Waals surface area contributed by atoms with Gasteiger partial charge in [0.1, 0.15) is 0 Å². The number of aromatic nitrogens is 1. The highest BCUT2D eigenvalue weighted by atomic mass is 35.5. The SMILES string of the molecule is CN1CCC(c2nc(-c3ccccc3)cs2)CC1.Cl. The first kappa shape index (κ1) is 14.5. The summed E-state index contributed by atoms with van der Waals surface area (Å²) in [6, 6.07) is 10.5. The van der Waals surface area contributed by atoms with E-state index in [2.05, 4.69) is 41.6 Å². The van der Waals surface area contributed by atoms with Crippen LogP contribution < -0.4 is 0 Å².